The summed E-state index contributed by atoms with van der Waals surface area (Å²) in [6, 6.07) is 12.5. The second-order valence-electron chi connectivity index (χ2n) is 9.68. The van der Waals surface area contributed by atoms with Gasteiger partial charge in [0.15, 0.2) is 5.82 Å². The molecule has 1 aliphatic heterocycles. The second-order valence-corrected chi connectivity index (χ2v) is 9.68. The Hall–Kier alpha value is -4.67. The van der Waals surface area contributed by atoms with Gasteiger partial charge >= 0.3 is 0 Å². The maximum absolute atomic E-state index is 13.1. The molecule has 1 saturated heterocycles. The van der Waals surface area contributed by atoms with Crippen molar-refractivity contribution >= 4 is 29.2 Å². The molecule has 11 nitrogen and oxygen atoms in total. The number of nitrogens with zero attached hydrogens (tertiary/aromatic N) is 4. The topological polar surface area (TPSA) is 154 Å². The molecule has 1 aromatic carbocycles. The van der Waals surface area contributed by atoms with Crippen LogP contribution in [0.4, 0.5) is 11.5 Å². The first-order valence-corrected chi connectivity index (χ1v) is 12.8. The summed E-state index contributed by atoms with van der Waals surface area (Å²) in [5.74, 6) is -0.466. The summed E-state index contributed by atoms with van der Waals surface area (Å²) in [5, 5.41) is 15.5. The van der Waals surface area contributed by atoms with Crippen molar-refractivity contribution in [3.05, 3.63) is 77.7 Å². The van der Waals surface area contributed by atoms with Crippen LogP contribution in [0.5, 0.6) is 5.75 Å². The molecule has 1 fully saturated rings. The largest absolute Gasteiger partial charge is 0.508 e. The van der Waals surface area contributed by atoms with E-state index in [1.165, 1.54) is 30.5 Å². The Morgan fingerprint density at radius 1 is 1.00 bits per heavy atom. The summed E-state index contributed by atoms with van der Waals surface area (Å²) in [6.45, 7) is 6.43. The molecule has 39 heavy (non-hydrogen) atoms. The lowest BCUT2D eigenvalue weighted by molar-refractivity contribution is -0.119. The number of carbonyl (C=O) groups is 3. The number of primary amides is 1. The Kier molecular flexibility index (Phi) is 8.60. The van der Waals surface area contributed by atoms with Gasteiger partial charge in [0, 0.05) is 51.0 Å². The van der Waals surface area contributed by atoms with E-state index in [1.807, 2.05) is 12.1 Å². The second kappa shape index (κ2) is 12.2. The van der Waals surface area contributed by atoms with Gasteiger partial charge in [0.1, 0.15) is 17.5 Å². The van der Waals surface area contributed by atoms with Crippen molar-refractivity contribution in [1.82, 2.24) is 20.2 Å². The number of aromatic nitrogens is 2. The standard InChI is InChI=1S/C28H33N7O4/c1-18(2)32-22-4-3-11-30-26(22)34-12-14-35(15-13-34)28(39)23-10-7-20(17-31-23)27(38)33-24(25(29)37)16-19-5-8-21(36)9-6-19/h3-11,17-18,24,32,36H,12-16H2,1-2H3,(H2,29,37)(H,33,38)/t24-/m0/s1. The van der Waals surface area contributed by atoms with Crippen LogP contribution in [-0.4, -0.2) is 76.0 Å². The number of benzene rings is 1. The van der Waals surface area contributed by atoms with Crippen LogP contribution < -0.4 is 21.3 Å². The van der Waals surface area contributed by atoms with E-state index in [-0.39, 0.29) is 35.4 Å². The van der Waals surface area contributed by atoms with Crippen molar-refractivity contribution in [3.8, 4) is 5.75 Å². The normalized spacial score (nSPS) is 14.1. The van der Waals surface area contributed by atoms with Gasteiger partial charge in [0.25, 0.3) is 11.8 Å². The average Bonchev–Trinajstić information content (AvgIpc) is 2.93. The molecule has 0 bridgehead atoms. The van der Waals surface area contributed by atoms with Crippen LogP contribution in [-0.2, 0) is 11.2 Å². The van der Waals surface area contributed by atoms with Gasteiger partial charge in [-0.1, -0.05) is 12.1 Å². The van der Waals surface area contributed by atoms with Crippen LogP contribution in [0, 0.1) is 0 Å². The van der Waals surface area contributed by atoms with Crippen molar-refractivity contribution in [2.24, 2.45) is 5.73 Å². The smallest absolute Gasteiger partial charge is 0.272 e. The first-order chi connectivity index (χ1) is 18.7. The Morgan fingerprint density at radius 3 is 2.33 bits per heavy atom. The van der Waals surface area contributed by atoms with E-state index >= 15 is 0 Å². The number of nitrogens with one attached hydrogen (secondary N) is 2. The molecule has 0 radical (unpaired) electrons. The van der Waals surface area contributed by atoms with Crippen molar-refractivity contribution in [3.63, 3.8) is 0 Å². The number of piperazine rings is 1. The van der Waals surface area contributed by atoms with Gasteiger partial charge in [-0.05, 0) is 55.8 Å². The third kappa shape index (κ3) is 7.01. The summed E-state index contributed by atoms with van der Waals surface area (Å²) in [5.41, 5.74) is 7.61. The summed E-state index contributed by atoms with van der Waals surface area (Å²) >= 11 is 0. The molecule has 3 amide bonds. The van der Waals surface area contributed by atoms with Gasteiger partial charge in [-0.2, -0.15) is 0 Å². The predicted octanol–water partition coefficient (Wildman–Crippen LogP) is 1.79. The maximum atomic E-state index is 13.1. The van der Waals surface area contributed by atoms with Crippen molar-refractivity contribution in [2.45, 2.75) is 32.4 Å². The maximum Gasteiger partial charge on any atom is 0.272 e. The molecule has 0 saturated carbocycles. The Labute approximate surface area is 227 Å². The SMILES string of the molecule is CC(C)Nc1cccnc1N1CCN(C(=O)c2ccc(C(=O)N[C@@H](Cc3ccc(O)cc3)C(N)=O)cn2)CC1. The quantitative estimate of drug-likeness (QED) is 0.326. The zero-order valence-electron chi connectivity index (χ0n) is 22.0. The fraction of sp³-hybridized carbons (Fsp3) is 0.321. The third-order valence-corrected chi connectivity index (χ3v) is 6.37. The molecule has 5 N–H and O–H groups in total. The van der Waals surface area contributed by atoms with Gasteiger partial charge in [0.2, 0.25) is 5.91 Å². The summed E-state index contributed by atoms with van der Waals surface area (Å²) in [4.78, 5) is 50.4. The number of phenolic OH excluding ortho intramolecular Hbond substituents is 1. The van der Waals surface area contributed by atoms with E-state index in [0.717, 1.165) is 17.1 Å². The fourth-order valence-corrected chi connectivity index (χ4v) is 4.34. The summed E-state index contributed by atoms with van der Waals surface area (Å²) < 4.78 is 0. The lowest BCUT2D eigenvalue weighted by Crippen LogP contribution is -2.49. The zero-order chi connectivity index (χ0) is 27.9. The number of phenols is 1. The minimum absolute atomic E-state index is 0.0993. The minimum Gasteiger partial charge on any atom is -0.508 e. The highest BCUT2D eigenvalue weighted by Crippen LogP contribution is 2.25. The fourth-order valence-electron chi connectivity index (χ4n) is 4.34. The molecule has 0 aliphatic carbocycles. The number of rotatable bonds is 9. The highest BCUT2D eigenvalue weighted by atomic mass is 16.3. The van der Waals surface area contributed by atoms with Gasteiger partial charge in [0.05, 0.1) is 11.3 Å². The van der Waals surface area contributed by atoms with Crippen molar-refractivity contribution in [1.29, 1.82) is 0 Å². The summed E-state index contributed by atoms with van der Waals surface area (Å²) in [6.07, 6.45) is 3.25. The lowest BCUT2D eigenvalue weighted by Gasteiger charge is -2.36. The molecule has 2 aromatic heterocycles. The van der Waals surface area contributed by atoms with E-state index in [1.54, 1.807) is 23.2 Å². The summed E-state index contributed by atoms with van der Waals surface area (Å²) in [7, 11) is 0. The average molecular weight is 532 g/mol. The van der Waals surface area contributed by atoms with Crippen molar-refractivity contribution < 1.29 is 19.5 Å². The van der Waals surface area contributed by atoms with E-state index < -0.39 is 17.9 Å². The number of carbonyl (C=O) groups excluding carboxylic acids is 3. The lowest BCUT2D eigenvalue weighted by atomic mass is 10.0. The highest BCUT2D eigenvalue weighted by molar-refractivity contribution is 5.98. The first kappa shape index (κ1) is 27.4. The van der Waals surface area contributed by atoms with E-state index in [0.29, 0.717) is 26.2 Å². The molecule has 1 atom stereocenters. The number of anilines is 2. The first-order valence-electron chi connectivity index (χ1n) is 12.8. The van der Waals surface area contributed by atoms with Gasteiger partial charge in [-0.3, -0.25) is 19.4 Å². The number of pyridine rings is 2. The Balaban J connectivity index is 1.34. The number of amides is 3. The monoisotopic (exact) mass is 531 g/mol. The van der Waals surface area contributed by atoms with Crippen LogP contribution in [0.15, 0.2) is 60.9 Å². The molecule has 0 unspecified atom stereocenters. The molecule has 3 heterocycles. The van der Waals surface area contributed by atoms with Crippen LogP contribution in [0.3, 0.4) is 0 Å². The molecular formula is C28H33N7O4. The number of hydrogen-bond donors (Lipinski definition) is 4. The predicted molar refractivity (Wildman–Crippen MR) is 148 cm³/mol. The van der Waals surface area contributed by atoms with E-state index in [4.69, 9.17) is 5.73 Å². The van der Waals surface area contributed by atoms with Crippen LogP contribution in [0.2, 0.25) is 0 Å². The molecular weight excluding hydrogens is 498 g/mol. The molecule has 204 valence electrons. The molecule has 1 aliphatic rings. The number of aromatic hydroxyl groups is 1. The molecule has 0 spiro atoms. The molecule has 3 aromatic rings. The highest BCUT2D eigenvalue weighted by Gasteiger charge is 2.26. The number of nitrogens with two attached hydrogens (primary N) is 1. The zero-order valence-corrected chi connectivity index (χ0v) is 22.0. The van der Waals surface area contributed by atoms with Crippen LogP contribution in [0.25, 0.3) is 0 Å². The third-order valence-electron chi connectivity index (χ3n) is 6.37. The van der Waals surface area contributed by atoms with E-state index in [9.17, 15) is 19.5 Å². The van der Waals surface area contributed by atoms with Crippen LogP contribution >= 0.6 is 0 Å². The molecule has 4 rings (SSSR count). The number of hydrogen-bond acceptors (Lipinski definition) is 8. The van der Waals surface area contributed by atoms with Gasteiger partial charge in [-0.25, -0.2) is 4.98 Å². The van der Waals surface area contributed by atoms with E-state index in [2.05, 4.69) is 39.3 Å². The van der Waals surface area contributed by atoms with Crippen molar-refractivity contribution in [2.75, 3.05) is 36.4 Å². The molecule has 11 heteroatoms. The van der Waals surface area contributed by atoms with Gasteiger partial charge < -0.3 is 31.3 Å². The van der Waals surface area contributed by atoms with Gasteiger partial charge in [-0.15, -0.1) is 0 Å². The minimum atomic E-state index is -0.949. The van der Waals surface area contributed by atoms with Crippen LogP contribution in [0.1, 0.15) is 40.3 Å². The Morgan fingerprint density at radius 2 is 1.72 bits per heavy atom. The Bertz CT molecular complexity index is 1300.